The lowest BCUT2D eigenvalue weighted by Gasteiger charge is -2.38. The van der Waals surface area contributed by atoms with Gasteiger partial charge in [0.25, 0.3) is 0 Å². The number of carbonyl (C=O) groups is 2. The Hall–Kier alpha value is -1.65. The number of nitrogens with one attached hydrogen (secondary N) is 1. The fourth-order valence-electron chi connectivity index (χ4n) is 2.87. The topological polar surface area (TPSA) is 90.0 Å². The molecule has 2 saturated heterocycles. The Balaban J connectivity index is 1.61. The van der Waals surface area contributed by atoms with Crippen LogP contribution in [0, 0.1) is 0 Å². The van der Waals surface area contributed by atoms with E-state index in [-0.39, 0.29) is 19.1 Å². The summed E-state index contributed by atoms with van der Waals surface area (Å²) in [4.78, 5) is 27.6. The Kier molecular flexibility index (Phi) is 4.79. The van der Waals surface area contributed by atoms with Crippen molar-refractivity contribution in [3.8, 4) is 0 Å². The number of amides is 4. The van der Waals surface area contributed by atoms with Gasteiger partial charge in [-0.25, -0.2) is 27.2 Å². The molecule has 1 aromatic heterocycles. The van der Waals surface area contributed by atoms with Crippen LogP contribution in [-0.2, 0) is 10.0 Å². The minimum atomic E-state index is -3.64. The van der Waals surface area contributed by atoms with Gasteiger partial charge in [-0.05, 0) is 28.8 Å². The highest BCUT2D eigenvalue weighted by atomic mass is 32.2. The van der Waals surface area contributed by atoms with E-state index in [9.17, 15) is 18.0 Å². The van der Waals surface area contributed by atoms with Gasteiger partial charge in [0.2, 0.25) is 10.0 Å². The van der Waals surface area contributed by atoms with Crippen LogP contribution in [0.2, 0.25) is 0 Å². The second-order valence-corrected chi connectivity index (χ2v) is 8.60. The molecule has 0 bridgehead atoms. The average molecular weight is 372 g/mol. The minimum absolute atomic E-state index is 0.00513. The maximum atomic E-state index is 12.3. The van der Waals surface area contributed by atoms with Crippen LogP contribution in [0.1, 0.15) is 18.0 Å². The highest BCUT2D eigenvalue weighted by Gasteiger charge is 2.38. The van der Waals surface area contributed by atoms with Crippen molar-refractivity contribution >= 4 is 33.4 Å². The summed E-state index contributed by atoms with van der Waals surface area (Å²) in [5.74, 6) is 0. The van der Waals surface area contributed by atoms with Crippen LogP contribution < -0.4 is 5.32 Å². The van der Waals surface area contributed by atoms with E-state index in [1.165, 1.54) is 0 Å². The molecule has 2 aliphatic rings. The standard InChI is InChI=1S/C14H20N4O4S2/c1-24(21,22)18-7-6-17(14(18)20)13(19)15-9-12(16-4-2-5-16)11-3-8-23-10-11/h3,8,10,12H,2,4-7,9H2,1H3,(H,15,19)/t12-/m0/s1. The summed E-state index contributed by atoms with van der Waals surface area (Å²) in [6, 6.07) is 0.780. The lowest BCUT2D eigenvalue weighted by molar-refractivity contribution is 0.116. The minimum Gasteiger partial charge on any atom is -0.336 e. The predicted molar refractivity (Wildman–Crippen MR) is 90.3 cm³/mol. The van der Waals surface area contributed by atoms with Crippen LogP contribution in [-0.4, -0.2) is 73.6 Å². The molecule has 8 nitrogen and oxygen atoms in total. The first-order valence-corrected chi connectivity index (χ1v) is 10.5. The largest absolute Gasteiger partial charge is 0.341 e. The Morgan fingerprint density at radius 2 is 2.08 bits per heavy atom. The lowest BCUT2D eigenvalue weighted by atomic mass is 10.0. The molecule has 10 heteroatoms. The van der Waals surface area contributed by atoms with E-state index < -0.39 is 22.1 Å². The van der Waals surface area contributed by atoms with Gasteiger partial charge in [0.05, 0.1) is 25.4 Å². The average Bonchev–Trinajstić information content (AvgIpc) is 3.09. The third kappa shape index (κ3) is 3.40. The molecular weight excluding hydrogens is 352 g/mol. The van der Waals surface area contributed by atoms with Crippen molar-refractivity contribution in [1.82, 2.24) is 19.4 Å². The Labute approximate surface area is 145 Å². The molecule has 132 valence electrons. The fourth-order valence-corrected chi connectivity index (χ4v) is 4.37. The zero-order chi connectivity index (χ0) is 17.3. The normalized spacial score (nSPS) is 20.1. The number of nitrogens with zero attached hydrogens (tertiary/aromatic N) is 3. The fraction of sp³-hybridized carbons (Fsp3) is 0.571. The molecule has 1 atom stereocenters. The number of carbonyl (C=O) groups excluding carboxylic acids is 2. The molecule has 0 unspecified atom stereocenters. The molecule has 0 saturated carbocycles. The maximum absolute atomic E-state index is 12.3. The smallest absolute Gasteiger partial charge is 0.336 e. The van der Waals surface area contributed by atoms with Gasteiger partial charge in [0.1, 0.15) is 0 Å². The van der Waals surface area contributed by atoms with Crippen molar-refractivity contribution in [2.24, 2.45) is 0 Å². The quantitative estimate of drug-likeness (QED) is 0.829. The number of urea groups is 2. The van der Waals surface area contributed by atoms with Crippen molar-refractivity contribution in [3.63, 3.8) is 0 Å². The van der Waals surface area contributed by atoms with Crippen LogP contribution in [0.15, 0.2) is 16.8 Å². The summed E-state index contributed by atoms with van der Waals surface area (Å²) in [6.07, 6.45) is 2.10. The molecule has 0 aromatic carbocycles. The van der Waals surface area contributed by atoms with E-state index in [0.29, 0.717) is 6.54 Å². The van der Waals surface area contributed by atoms with E-state index in [1.54, 1.807) is 11.3 Å². The summed E-state index contributed by atoms with van der Waals surface area (Å²) in [7, 11) is -3.64. The SMILES string of the molecule is CS(=O)(=O)N1CCN(C(=O)NC[C@@H](c2ccsc2)N2CCC2)C1=O. The Bertz CT molecular complexity index is 715. The number of imide groups is 1. The van der Waals surface area contributed by atoms with Gasteiger partial charge < -0.3 is 5.32 Å². The van der Waals surface area contributed by atoms with Gasteiger partial charge >= 0.3 is 12.1 Å². The second-order valence-electron chi connectivity index (χ2n) is 5.92. The molecule has 0 spiro atoms. The molecule has 3 rings (SSSR count). The zero-order valence-corrected chi connectivity index (χ0v) is 15.0. The molecule has 2 aliphatic heterocycles. The number of hydrogen-bond acceptors (Lipinski definition) is 6. The van der Waals surface area contributed by atoms with Gasteiger partial charge in [-0.2, -0.15) is 11.3 Å². The molecule has 0 radical (unpaired) electrons. The molecule has 1 N–H and O–H groups in total. The monoisotopic (exact) mass is 372 g/mol. The molecule has 4 amide bonds. The van der Waals surface area contributed by atoms with E-state index >= 15 is 0 Å². The molecule has 1 aromatic rings. The van der Waals surface area contributed by atoms with Crippen LogP contribution in [0.25, 0.3) is 0 Å². The van der Waals surface area contributed by atoms with Crippen molar-refractivity contribution in [3.05, 3.63) is 22.4 Å². The first kappa shape index (κ1) is 17.2. The predicted octanol–water partition coefficient (Wildman–Crippen LogP) is 0.902. The number of rotatable bonds is 5. The molecular formula is C14H20N4O4S2. The van der Waals surface area contributed by atoms with E-state index in [0.717, 1.165) is 40.5 Å². The van der Waals surface area contributed by atoms with Gasteiger partial charge in [-0.1, -0.05) is 0 Å². The van der Waals surface area contributed by atoms with Crippen LogP contribution >= 0.6 is 11.3 Å². The molecule has 3 heterocycles. The number of hydrogen-bond donors (Lipinski definition) is 1. The highest BCUT2D eigenvalue weighted by molar-refractivity contribution is 7.88. The van der Waals surface area contributed by atoms with Crippen LogP contribution in [0.4, 0.5) is 9.59 Å². The summed E-state index contributed by atoms with van der Waals surface area (Å²) in [5.41, 5.74) is 1.14. The van der Waals surface area contributed by atoms with Crippen molar-refractivity contribution in [1.29, 1.82) is 0 Å². The van der Waals surface area contributed by atoms with E-state index in [2.05, 4.69) is 15.6 Å². The summed E-state index contributed by atoms with van der Waals surface area (Å²) < 4.78 is 23.7. The van der Waals surface area contributed by atoms with Crippen molar-refractivity contribution < 1.29 is 18.0 Å². The van der Waals surface area contributed by atoms with Crippen molar-refractivity contribution in [2.45, 2.75) is 12.5 Å². The first-order chi connectivity index (χ1) is 11.4. The van der Waals surface area contributed by atoms with Gasteiger partial charge in [0, 0.05) is 19.6 Å². The third-order valence-corrected chi connectivity index (χ3v) is 6.16. The van der Waals surface area contributed by atoms with Crippen molar-refractivity contribution in [2.75, 3.05) is 39.0 Å². The summed E-state index contributed by atoms with van der Waals surface area (Å²) >= 11 is 1.61. The number of sulfonamides is 1. The lowest BCUT2D eigenvalue weighted by Crippen LogP contribution is -2.48. The second kappa shape index (κ2) is 6.69. The molecule has 0 aliphatic carbocycles. The summed E-state index contributed by atoms with van der Waals surface area (Å²) in [5, 5.41) is 6.83. The third-order valence-electron chi connectivity index (χ3n) is 4.32. The summed E-state index contributed by atoms with van der Waals surface area (Å²) in [6.45, 7) is 2.44. The Morgan fingerprint density at radius 1 is 1.33 bits per heavy atom. The maximum Gasteiger partial charge on any atom is 0.341 e. The van der Waals surface area contributed by atoms with Gasteiger partial charge in [-0.3, -0.25) is 4.90 Å². The number of thiophene rings is 1. The van der Waals surface area contributed by atoms with E-state index in [4.69, 9.17) is 0 Å². The van der Waals surface area contributed by atoms with E-state index in [1.807, 2.05) is 11.4 Å². The highest BCUT2D eigenvalue weighted by Crippen LogP contribution is 2.26. The molecule has 2 fully saturated rings. The number of likely N-dealkylation sites (tertiary alicyclic amines) is 1. The van der Waals surface area contributed by atoms with Crippen LogP contribution in [0.3, 0.4) is 0 Å². The van der Waals surface area contributed by atoms with Gasteiger partial charge in [0.15, 0.2) is 0 Å². The Morgan fingerprint density at radius 3 is 2.58 bits per heavy atom. The van der Waals surface area contributed by atoms with Gasteiger partial charge in [-0.15, -0.1) is 0 Å². The van der Waals surface area contributed by atoms with Crippen LogP contribution in [0.5, 0.6) is 0 Å². The zero-order valence-electron chi connectivity index (χ0n) is 13.3. The first-order valence-electron chi connectivity index (χ1n) is 7.71. The molecule has 24 heavy (non-hydrogen) atoms.